The number of hydrogen-bond acceptors (Lipinski definition) is 6. The van der Waals surface area contributed by atoms with Gasteiger partial charge in [-0.25, -0.2) is 9.67 Å². The van der Waals surface area contributed by atoms with Crippen LogP contribution in [0.2, 0.25) is 0 Å². The number of nitrogens with one attached hydrogen (secondary N) is 1. The SMILES string of the molecule is CC(C)n1c(-n2cccn2)nc2c(N)nc(NCc3ccccc3)nc21. The van der Waals surface area contributed by atoms with Crippen LogP contribution in [0.3, 0.4) is 0 Å². The Morgan fingerprint density at radius 1 is 1.08 bits per heavy atom. The Balaban J connectivity index is 1.77. The van der Waals surface area contributed by atoms with Gasteiger partial charge in [0.25, 0.3) is 0 Å². The van der Waals surface area contributed by atoms with E-state index in [1.165, 1.54) is 0 Å². The van der Waals surface area contributed by atoms with E-state index in [4.69, 9.17) is 5.73 Å². The fourth-order valence-corrected chi connectivity index (χ4v) is 2.86. The smallest absolute Gasteiger partial charge is 0.233 e. The molecular formula is C18H20N8. The predicted octanol–water partition coefficient (Wildman–Crippen LogP) is 2.79. The number of nitrogens with two attached hydrogens (primary N) is 1. The first-order chi connectivity index (χ1) is 12.6. The van der Waals surface area contributed by atoms with E-state index in [1.54, 1.807) is 10.9 Å². The molecule has 0 radical (unpaired) electrons. The molecule has 3 N–H and O–H groups in total. The Labute approximate surface area is 150 Å². The zero-order valence-corrected chi connectivity index (χ0v) is 14.7. The van der Waals surface area contributed by atoms with E-state index in [1.807, 2.05) is 47.2 Å². The monoisotopic (exact) mass is 348 g/mol. The van der Waals surface area contributed by atoms with E-state index in [-0.39, 0.29) is 6.04 Å². The first-order valence-corrected chi connectivity index (χ1v) is 8.46. The molecule has 0 unspecified atom stereocenters. The van der Waals surface area contributed by atoms with Gasteiger partial charge in [0.15, 0.2) is 17.0 Å². The van der Waals surface area contributed by atoms with Crippen LogP contribution in [-0.4, -0.2) is 29.3 Å². The van der Waals surface area contributed by atoms with Crippen LogP contribution in [-0.2, 0) is 6.54 Å². The molecule has 0 amide bonds. The van der Waals surface area contributed by atoms with Crippen LogP contribution in [0.4, 0.5) is 11.8 Å². The fraction of sp³-hybridized carbons (Fsp3) is 0.222. The van der Waals surface area contributed by atoms with Crippen molar-refractivity contribution in [2.24, 2.45) is 0 Å². The third kappa shape index (κ3) is 2.85. The third-order valence-electron chi connectivity index (χ3n) is 4.07. The van der Waals surface area contributed by atoms with Crippen LogP contribution in [0.1, 0.15) is 25.5 Å². The number of benzene rings is 1. The summed E-state index contributed by atoms with van der Waals surface area (Å²) in [7, 11) is 0. The lowest BCUT2D eigenvalue weighted by Gasteiger charge is -2.12. The minimum Gasteiger partial charge on any atom is -0.382 e. The van der Waals surface area contributed by atoms with Gasteiger partial charge in [-0.05, 0) is 25.5 Å². The number of fused-ring (bicyclic) bond motifs is 1. The van der Waals surface area contributed by atoms with E-state index < -0.39 is 0 Å². The molecule has 0 bridgehead atoms. The van der Waals surface area contributed by atoms with Crippen LogP contribution in [0.25, 0.3) is 17.1 Å². The maximum absolute atomic E-state index is 6.17. The lowest BCUT2D eigenvalue weighted by Crippen LogP contribution is -2.11. The van der Waals surface area contributed by atoms with Gasteiger partial charge in [-0.15, -0.1) is 0 Å². The second kappa shape index (κ2) is 6.47. The highest BCUT2D eigenvalue weighted by Gasteiger charge is 2.19. The van der Waals surface area contributed by atoms with Crippen molar-refractivity contribution < 1.29 is 0 Å². The molecule has 26 heavy (non-hydrogen) atoms. The number of rotatable bonds is 5. The molecule has 8 heteroatoms. The number of anilines is 2. The van der Waals surface area contributed by atoms with Crippen molar-refractivity contribution in [2.45, 2.75) is 26.4 Å². The molecule has 3 aromatic heterocycles. The molecule has 0 fully saturated rings. The van der Waals surface area contributed by atoms with Crippen molar-refractivity contribution in [1.82, 2.24) is 29.3 Å². The molecule has 4 rings (SSSR count). The summed E-state index contributed by atoms with van der Waals surface area (Å²) >= 11 is 0. The highest BCUT2D eigenvalue weighted by molar-refractivity contribution is 5.84. The Morgan fingerprint density at radius 3 is 2.58 bits per heavy atom. The summed E-state index contributed by atoms with van der Waals surface area (Å²) in [4.78, 5) is 13.6. The van der Waals surface area contributed by atoms with Gasteiger partial charge in [-0.1, -0.05) is 30.3 Å². The molecule has 0 spiro atoms. The molecule has 3 heterocycles. The average molecular weight is 348 g/mol. The van der Waals surface area contributed by atoms with Gasteiger partial charge < -0.3 is 11.1 Å². The van der Waals surface area contributed by atoms with Crippen LogP contribution >= 0.6 is 0 Å². The van der Waals surface area contributed by atoms with Crippen molar-refractivity contribution in [3.63, 3.8) is 0 Å². The Bertz CT molecular complexity index is 1020. The van der Waals surface area contributed by atoms with Crippen molar-refractivity contribution >= 4 is 22.9 Å². The standard InChI is InChI=1S/C18H20N8/c1-12(2)26-16-14(22-18(26)25-10-6-9-21-25)15(19)23-17(24-16)20-11-13-7-4-3-5-8-13/h3-10,12H,11H2,1-2H3,(H3,19,20,23,24). The fourth-order valence-electron chi connectivity index (χ4n) is 2.86. The summed E-state index contributed by atoms with van der Waals surface area (Å²) in [6, 6.07) is 12.1. The van der Waals surface area contributed by atoms with Gasteiger partial charge in [-0.3, -0.25) is 4.57 Å². The highest BCUT2D eigenvalue weighted by Crippen LogP contribution is 2.26. The van der Waals surface area contributed by atoms with Gasteiger partial charge >= 0.3 is 0 Å². The molecule has 0 aliphatic carbocycles. The van der Waals surface area contributed by atoms with Gasteiger partial charge in [0, 0.05) is 25.0 Å². The quantitative estimate of drug-likeness (QED) is 0.575. The first kappa shape index (κ1) is 16.1. The first-order valence-electron chi connectivity index (χ1n) is 8.46. The Kier molecular flexibility index (Phi) is 4.00. The lowest BCUT2D eigenvalue weighted by molar-refractivity contribution is 0.583. The zero-order chi connectivity index (χ0) is 18.1. The van der Waals surface area contributed by atoms with E-state index >= 15 is 0 Å². The second-order valence-corrected chi connectivity index (χ2v) is 6.27. The molecule has 0 saturated heterocycles. The summed E-state index contributed by atoms with van der Waals surface area (Å²) in [6.45, 7) is 4.76. The topological polar surface area (TPSA) is 99.5 Å². The molecule has 0 aliphatic rings. The van der Waals surface area contributed by atoms with Crippen molar-refractivity contribution in [3.05, 3.63) is 54.4 Å². The molecule has 132 valence electrons. The summed E-state index contributed by atoms with van der Waals surface area (Å²) in [5.41, 5.74) is 8.57. The molecule has 0 saturated carbocycles. The van der Waals surface area contributed by atoms with E-state index in [0.717, 1.165) is 5.56 Å². The zero-order valence-electron chi connectivity index (χ0n) is 14.7. The van der Waals surface area contributed by atoms with Gasteiger partial charge in [0.05, 0.1) is 0 Å². The van der Waals surface area contributed by atoms with Crippen molar-refractivity contribution in [1.29, 1.82) is 0 Å². The second-order valence-electron chi connectivity index (χ2n) is 6.27. The maximum Gasteiger partial charge on any atom is 0.233 e. The highest BCUT2D eigenvalue weighted by atomic mass is 15.4. The predicted molar refractivity (Wildman–Crippen MR) is 101 cm³/mol. The third-order valence-corrected chi connectivity index (χ3v) is 4.07. The van der Waals surface area contributed by atoms with E-state index in [9.17, 15) is 0 Å². The minimum atomic E-state index is 0.135. The minimum absolute atomic E-state index is 0.135. The Morgan fingerprint density at radius 2 is 1.88 bits per heavy atom. The normalized spacial score (nSPS) is 11.3. The summed E-state index contributed by atoms with van der Waals surface area (Å²) in [6.07, 6.45) is 3.56. The molecular weight excluding hydrogens is 328 g/mol. The van der Waals surface area contributed by atoms with E-state index in [2.05, 4.69) is 39.2 Å². The summed E-state index contributed by atoms with van der Waals surface area (Å²) in [5, 5.41) is 7.52. The van der Waals surface area contributed by atoms with Crippen molar-refractivity contribution in [2.75, 3.05) is 11.1 Å². The largest absolute Gasteiger partial charge is 0.382 e. The van der Waals surface area contributed by atoms with Gasteiger partial charge in [0.1, 0.15) is 0 Å². The molecule has 4 aromatic rings. The number of nitrogens with zero attached hydrogens (tertiary/aromatic N) is 6. The van der Waals surface area contributed by atoms with Crippen LogP contribution in [0.5, 0.6) is 0 Å². The van der Waals surface area contributed by atoms with Crippen LogP contribution in [0.15, 0.2) is 48.8 Å². The Hall–Kier alpha value is -3.42. The molecule has 8 nitrogen and oxygen atoms in total. The molecule has 0 aliphatic heterocycles. The van der Waals surface area contributed by atoms with Crippen LogP contribution < -0.4 is 11.1 Å². The van der Waals surface area contributed by atoms with Gasteiger partial charge in [-0.2, -0.15) is 15.1 Å². The number of hydrogen-bond donors (Lipinski definition) is 2. The van der Waals surface area contributed by atoms with Crippen LogP contribution in [0, 0.1) is 0 Å². The number of imidazole rings is 1. The van der Waals surface area contributed by atoms with E-state index in [0.29, 0.717) is 35.4 Å². The average Bonchev–Trinajstić information content (AvgIpc) is 3.28. The lowest BCUT2D eigenvalue weighted by atomic mass is 10.2. The number of aromatic nitrogens is 6. The van der Waals surface area contributed by atoms with Gasteiger partial charge in [0.2, 0.25) is 11.9 Å². The molecule has 0 atom stereocenters. The summed E-state index contributed by atoms with van der Waals surface area (Å²) in [5.74, 6) is 1.49. The van der Waals surface area contributed by atoms with Crippen molar-refractivity contribution in [3.8, 4) is 5.95 Å². The number of nitrogen functional groups attached to an aromatic ring is 1. The maximum atomic E-state index is 6.17. The molecule has 1 aromatic carbocycles. The summed E-state index contributed by atoms with van der Waals surface area (Å²) < 4.78 is 3.71.